The van der Waals surface area contributed by atoms with E-state index in [1.165, 1.54) is 38.5 Å². The Morgan fingerprint density at radius 2 is 1.81 bits per heavy atom. The molecule has 1 aliphatic rings. The summed E-state index contributed by atoms with van der Waals surface area (Å²) < 4.78 is 0. The number of amides is 1. The van der Waals surface area contributed by atoms with Crippen molar-refractivity contribution in [3.63, 3.8) is 0 Å². The molecule has 0 aromatic rings. The molecule has 0 heterocycles. The van der Waals surface area contributed by atoms with Crippen LogP contribution < -0.4 is 11.1 Å². The third kappa shape index (κ3) is 7.28. The fraction of sp³-hybridized carbons (Fsp3) is 0.941. The maximum Gasteiger partial charge on any atom is 0.234 e. The van der Waals surface area contributed by atoms with Gasteiger partial charge in [0.15, 0.2) is 0 Å². The Morgan fingerprint density at radius 3 is 2.33 bits per heavy atom. The van der Waals surface area contributed by atoms with E-state index >= 15 is 0 Å². The smallest absolute Gasteiger partial charge is 0.234 e. The van der Waals surface area contributed by atoms with Crippen molar-refractivity contribution >= 4 is 5.91 Å². The molecule has 1 aliphatic carbocycles. The largest absolute Gasteiger partial charge is 0.352 e. The zero-order chi connectivity index (χ0) is 15.5. The molecule has 21 heavy (non-hydrogen) atoms. The second kappa shape index (κ2) is 11.0. The SMILES string of the molecule is CCC(CC)NC(=O)CN(CCCN)C1CCCCCC1. The highest BCUT2D eigenvalue weighted by atomic mass is 16.2. The highest BCUT2D eigenvalue weighted by molar-refractivity contribution is 5.78. The van der Waals surface area contributed by atoms with Gasteiger partial charge in [0.05, 0.1) is 6.54 Å². The monoisotopic (exact) mass is 297 g/mol. The van der Waals surface area contributed by atoms with Gasteiger partial charge in [-0.15, -0.1) is 0 Å². The van der Waals surface area contributed by atoms with Crippen LogP contribution >= 0.6 is 0 Å². The molecule has 1 fully saturated rings. The molecule has 3 N–H and O–H groups in total. The van der Waals surface area contributed by atoms with Crippen molar-refractivity contribution in [1.29, 1.82) is 0 Å². The average molecular weight is 297 g/mol. The zero-order valence-electron chi connectivity index (χ0n) is 14.1. The summed E-state index contributed by atoms with van der Waals surface area (Å²) >= 11 is 0. The number of nitrogens with two attached hydrogens (primary N) is 1. The number of hydrogen-bond donors (Lipinski definition) is 2. The normalized spacial score (nSPS) is 17.2. The van der Waals surface area contributed by atoms with Crippen LogP contribution in [0, 0.1) is 0 Å². The number of nitrogens with one attached hydrogen (secondary N) is 1. The van der Waals surface area contributed by atoms with Crippen LogP contribution in [0.5, 0.6) is 0 Å². The lowest BCUT2D eigenvalue weighted by Gasteiger charge is -2.31. The maximum atomic E-state index is 12.3. The molecule has 0 radical (unpaired) electrons. The summed E-state index contributed by atoms with van der Waals surface area (Å²) in [5, 5.41) is 3.17. The van der Waals surface area contributed by atoms with Crippen molar-refractivity contribution in [1.82, 2.24) is 10.2 Å². The Morgan fingerprint density at radius 1 is 1.19 bits per heavy atom. The lowest BCUT2D eigenvalue weighted by Crippen LogP contribution is -2.46. The van der Waals surface area contributed by atoms with Crippen molar-refractivity contribution in [3.05, 3.63) is 0 Å². The predicted octanol–water partition coefficient (Wildman–Crippen LogP) is 2.66. The molecule has 0 bridgehead atoms. The summed E-state index contributed by atoms with van der Waals surface area (Å²) in [4.78, 5) is 14.7. The Kier molecular flexibility index (Phi) is 9.68. The average Bonchev–Trinajstić information content (AvgIpc) is 2.78. The first-order chi connectivity index (χ1) is 10.2. The molecule has 0 aromatic carbocycles. The van der Waals surface area contributed by atoms with Gasteiger partial charge in [0.25, 0.3) is 0 Å². The fourth-order valence-corrected chi connectivity index (χ4v) is 3.26. The molecule has 124 valence electrons. The number of carbonyl (C=O) groups is 1. The van der Waals surface area contributed by atoms with Gasteiger partial charge < -0.3 is 11.1 Å². The van der Waals surface area contributed by atoms with E-state index in [1.54, 1.807) is 0 Å². The molecule has 0 aromatic heterocycles. The summed E-state index contributed by atoms with van der Waals surface area (Å²) in [7, 11) is 0. The molecule has 4 nitrogen and oxygen atoms in total. The van der Waals surface area contributed by atoms with Gasteiger partial charge in [0, 0.05) is 18.6 Å². The minimum atomic E-state index is 0.185. The van der Waals surface area contributed by atoms with E-state index in [9.17, 15) is 4.79 Å². The van der Waals surface area contributed by atoms with Crippen LogP contribution in [0.2, 0.25) is 0 Å². The molecule has 0 spiro atoms. The van der Waals surface area contributed by atoms with Gasteiger partial charge in [-0.1, -0.05) is 39.5 Å². The first-order valence-corrected chi connectivity index (χ1v) is 8.94. The molecule has 4 heteroatoms. The van der Waals surface area contributed by atoms with Gasteiger partial charge in [-0.05, 0) is 38.6 Å². The van der Waals surface area contributed by atoms with Crippen LogP contribution in [0.25, 0.3) is 0 Å². The minimum Gasteiger partial charge on any atom is -0.352 e. The highest BCUT2D eigenvalue weighted by Gasteiger charge is 2.22. The third-order valence-electron chi connectivity index (χ3n) is 4.69. The maximum absolute atomic E-state index is 12.3. The molecule has 0 unspecified atom stereocenters. The molecular formula is C17H35N3O. The van der Waals surface area contributed by atoms with E-state index < -0.39 is 0 Å². The molecule has 0 saturated heterocycles. The van der Waals surface area contributed by atoms with Crippen molar-refractivity contribution in [2.75, 3.05) is 19.6 Å². The number of rotatable bonds is 9. The van der Waals surface area contributed by atoms with E-state index in [-0.39, 0.29) is 5.91 Å². The van der Waals surface area contributed by atoms with Crippen LogP contribution in [-0.4, -0.2) is 42.5 Å². The van der Waals surface area contributed by atoms with Gasteiger partial charge >= 0.3 is 0 Å². The molecule has 1 amide bonds. The van der Waals surface area contributed by atoms with Crippen molar-refractivity contribution in [2.45, 2.75) is 83.7 Å². The van der Waals surface area contributed by atoms with Crippen LogP contribution in [0.4, 0.5) is 0 Å². The Labute approximate surface area is 130 Å². The lowest BCUT2D eigenvalue weighted by molar-refractivity contribution is -0.123. The fourth-order valence-electron chi connectivity index (χ4n) is 3.26. The Bertz CT molecular complexity index is 271. The van der Waals surface area contributed by atoms with Crippen LogP contribution in [-0.2, 0) is 4.79 Å². The lowest BCUT2D eigenvalue weighted by atomic mass is 10.1. The van der Waals surface area contributed by atoms with Crippen molar-refractivity contribution in [3.8, 4) is 0 Å². The minimum absolute atomic E-state index is 0.185. The van der Waals surface area contributed by atoms with E-state index in [2.05, 4.69) is 24.1 Å². The van der Waals surface area contributed by atoms with Gasteiger partial charge in [-0.25, -0.2) is 0 Å². The quantitative estimate of drug-likeness (QED) is 0.643. The van der Waals surface area contributed by atoms with Gasteiger partial charge in [-0.2, -0.15) is 0 Å². The second-order valence-corrected chi connectivity index (χ2v) is 6.34. The molecule has 1 rings (SSSR count). The highest BCUT2D eigenvalue weighted by Crippen LogP contribution is 2.22. The number of hydrogen-bond acceptors (Lipinski definition) is 3. The standard InChI is InChI=1S/C17H35N3O/c1-3-15(4-2)19-17(21)14-20(13-9-12-18)16-10-7-5-6-8-11-16/h15-16H,3-14,18H2,1-2H3,(H,19,21). The van der Waals surface area contributed by atoms with Crippen molar-refractivity contribution in [2.24, 2.45) is 5.73 Å². The molecular weight excluding hydrogens is 262 g/mol. The van der Waals surface area contributed by atoms with E-state index in [4.69, 9.17) is 5.73 Å². The summed E-state index contributed by atoms with van der Waals surface area (Å²) in [6, 6.07) is 0.898. The zero-order valence-corrected chi connectivity index (χ0v) is 14.1. The summed E-state index contributed by atoms with van der Waals surface area (Å²) in [6.07, 6.45) is 10.8. The summed E-state index contributed by atoms with van der Waals surface area (Å²) in [5.74, 6) is 0.185. The van der Waals surface area contributed by atoms with E-state index in [0.29, 0.717) is 25.2 Å². The Hall–Kier alpha value is -0.610. The second-order valence-electron chi connectivity index (χ2n) is 6.34. The first-order valence-electron chi connectivity index (χ1n) is 8.94. The molecule has 0 atom stereocenters. The molecule has 1 saturated carbocycles. The van der Waals surface area contributed by atoms with E-state index in [0.717, 1.165) is 25.8 Å². The number of nitrogens with zero attached hydrogens (tertiary/aromatic N) is 1. The first kappa shape index (κ1) is 18.4. The van der Waals surface area contributed by atoms with E-state index in [1.807, 2.05) is 0 Å². The molecule has 0 aliphatic heterocycles. The van der Waals surface area contributed by atoms with Gasteiger partial charge in [0.2, 0.25) is 5.91 Å². The van der Waals surface area contributed by atoms with Crippen LogP contribution in [0.3, 0.4) is 0 Å². The summed E-state index contributed by atoms with van der Waals surface area (Å²) in [5.41, 5.74) is 5.66. The van der Waals surface area contributed by atoms with Gasteiger partial charge in [-0.3, -0.25) is 9.69 Å². The number of carbonyl (C=O) groups excluding carboxylic acids is 1. The van der Waals surface area contributed by atoms with Gasteiger partial charge in [0.1, 0.15) is 0 Å². The van der Waals surface area contributed by atoms with Crippen LogP contribution in [0.1, 0.15) is 71.6 Å². The summed E-state index contributed by atoms with van der Waals surface area (Å²) in [6.45, 7) is 6.47. The Balaban J connectivity index is 2.52. The predicted molar refractivity (Wildman–Crippen MR) is 89.2 cm³/mol. The van der Waals surface area contributed by atoms with Crippen LogP contribution in [0.15, 0.2) is 0 Å². The topological polar surface area (TPSA) is 58.4 Å². The third-order valence-corrected chi connectivity index (χ3v) is 4.69. The van der Waals surface area contributed by atoms with Crippen molar-refractivity contribution < 1.29 is 4.79 Å².